The number of ether oxygens (including phenoxy) is 2. The minimum atomic E-state index is -0.241. The van der Waals surface area contributed by atoms with Gasteiger partial charge in [0.25, 0.3) is 0 Å². The topological polar surface area (TPSA) is 38.8 Å². The molecule has 30 heavy (non-hydrogen) atoms. The molecule has 0 radical (unpaired) electrons. The molecule has 3 aromatic rings. The molecule has 0 N–H and O–H groups in total. The lowest BCUT2D eigenvalue weighted by Gasteiger charge is -2.41. The molecule has 0 aliphatic carbocycles. The summed E-state index contributed by atoms with van der Waals surface area (Å²) in [6.45, 7) is 3.92. The average molecular weight is 402 g/mol. The van der Waals surface area contributed by atoms with E-state index in [4.69, 9.17) is 9.47 Å². The minimum Gasteiger partial charge on any atom is -0.489 e. The highest BCUT2D eigenvalue weighted by Crippen LogP contribution is 2.30. The van der Waals surface area contributed by atoms with Crippen molar-refractivity contribution in [1.29, 1.82) is 0 Å². The molecule has 1 aliphatic rings. The molecule has 0 bridgehead atoms. The summed E-state index contributed by atoms with van der Waals surface area (Å²) in [5.41, 5.74) is 3.43. The van der Waals surface area contributed by atoms with Gasteiger partial charge in [0, 0.05) is 13.1 Å². The third kappa shape index (κ3) is 4.96. The highest BCUT2D eigenvalue weighted by atomic mass is 16.5. The predicted octanol–water partition coefficient (Wildman–Crippen LogP) is 4.80. The molecule has 1 heterocycles. The van der Waals surface area contributed by atoms with Gasteiger partial charge >= 0.3 is 0 Å². The van der Waals surface area contributed by atoms with Gasteiger partial charge in [0.05, 0.1) is 18.2 Å². The number of carbonyl (C=O) groups is 1. The van der Waals surface area contributed by atoms with Crippen LogP contribution < -0.4 is 4.74 Å². The predicted molar refractivity (Wildman–Crippen MR) is 117 cm³/mol. The van der Waals surface area contributed by atoms with Crippen LogP contribution >= 0.6 is 0 Å². The summed E-state index contributed by atoms with van der Waals surface area (Å²) in [4.78, 5) is 13.9. The van der Waals surface area contributed by atoms with Crippen LogP contribution in [0.25, 0.3) is 0 Å². The summed E-state index contributed by atoms with van der Waals surface area (Å²) < 4.78 is 12.1. The average Bonchev–Trinajstić information content (AvgIpc) is 2.79. The van der Waals surface area contributed by atoms with Crippen LogP contribution in [0, 0.1) is 0 Å². The van der Waals surface area contributed by atoms with Gasteiger partial charge in [-0.25, -0.2) is 0 Å². The number of hydrogen-bond donors (Lipinski definition) is 0. The van der Waals surface area contributed by atoms with Crippen LogP contribution in [0.4, 0.5) is 0 Å². The van der Waals surface area contributed by atoms with Crippen molar-refractivity contribution < 1.29 is 14.3 Å². The SMILES string of the molecule is CC1OC(c2ccc(OCc3ccccc3)cc2)CN(Cc2ccccc2)C1C=O. The number of hydrogen-bond acceptors (Lipinski definition) is 4. The number of nitrogens with zero attached hydrogens (tertiary/aromatic N) is 1. The molecule has 3 unspecified atom stereocenters. The van der Waals surface area contributed by atoms with Gasteiger partial charge in [-0.2, -0.15) is 0 Å². The number of benzene rings is 3. The van der Waals surface area contributed by atoms with Crippen LogP contribution in [0.3, 0.4) is 0 Å². The maximum atomic E-state index is 11.7. The van der Waals surface area contributed by atoms with E-state index >= 15 is 0 Å². The maximum Gasteiger partial charge on any atom is 0.139 e. The molecule has 0 saturated carbocycles. The van der Waals surface area contributed by atoms with E-state index in [1.165, 1.54) is 5.56 Å². The number of aldehydes is 1. The first-order valence-corrected chi connectivity index (χ1v) is 10.4. The van der Waals surface area contributed by atoms with Crippen LogP contribution in [0.2, 0.25) is 0 Å². The van der Waals surface area contributed by atoms with E-state index < -0.39 is 0 Å². The van der Waals surface area contributed by atoms with Crippen LogP contribution in [0.1, 0.15) is 29.7 Å². The molecular formula is C26H27NO3. The standard InChI is InChI=1S/C26H27NO3/c1-20-25(18-28)27(16-21-8-4-2-5-9-21)17-26(30-20)23-12-14-24(15-13-23)29-19-22-10-6-3-7-11-22/h2-15,18,20,25-26H,16-17,19H2,1H3. The number of rotatable bonds is 7. The van der Waals surface area contributed by atoms with Gasteiger partial charge < -0.3 is 14.3 Å². The Balaban J connectivity index is 1.43. The van der Waals surface area contributed by atoms with Gasteiger partial charge in [-0.1, -0.05) is 72.8 Å². The summed E-state index contributed by atoms with van der Waals surface area (Å²) in [5, 5.41) is 0. The zero-order valence-electron chi connectivity index (χ0n) is 17.2. The first-order chi connectivity index (χ1) is 14.7. The number of carbonyl (C=O) groups excluding carboxylic acids is 1. The second kappa shape index (κ2) is 9.70. The fourth-order valence-electron chi connectivity index (χ4n) is 3.90. The van der Waals surface area contributed by atoms with Gasteiger partial charge in [0.1, 0.15) is 18.6 Å². The normalized spacial score (nSPS) is 21.8. The molecule has 154 valence electrons. The van der Waals surface area contributed by atoms with Gasteiger partial charge in [0.15, 0.2) is 0 Å². The zero-order chi connectivity index (χ0) is 20.8. The van der Waals surface area contributed by atoms with E-state index in [-0.39, 0.29) is 18.2 Å². The lowest BCUT2D eigenvalue weighted by atomic mass is 10.0. The summed E-state index contributed by atoms with van der Waals surface area (Å²) in [5.74, 6) is 0.832. The van der Waals surface area contributed by atoms with Crippen LogP contribution in [0.5, 0.6) is 5.75 Å². The molecule has 4 rings (SSSR count). The molecule has 4 heteroatoms. The first kappa shape index (κ1) is 20.3. The Hall–Kier alpha value is -2.95. The lowest BCUT2D eigenvalue weighted by Crippen LogP contribution is -2.51. The molecule has 3 aromatic carbocycles. The van der Waals surface area contributed by atoms with Gasteiger partial charge in [-0.05, 0) is 35.7 Å². The fourth-order valence-corrected chi connectivity index (χ4v) is 3.90. The highest BCUT2D eigenvalue weighted by molar-refractivity contribution is 5.59. The van der Waals surface area contributed by atoms with Gasteiger partial charge in [-0.3, -0.25) is 4.90 Å². The largest absolute Gasteiger partial charge is 0.489 e. The molecule has 3 atom stereocenters. The Labute approximate surface area is 178 Å². The Kier molecular flexibility index (Phi) is 6.57. The van der Waals surface area contributed by atoms with E-state index in [2.05, 4.69) is 41.3 Å². The van der Waals surface area contributed by atoms with Gasteiger partial charge in [-0.15, -0.1) is 0 Å². The van der Waals surface area contributed by atoms with Crippen molar-refractivity contribution >= 4 is 6.29 Å². The fraction of sp³-hybridized carbons (Fsp3) is 0.269. The Bertz CT molecular complexity index is 928. The lowest BCUT2D eigenvalue weighted by molar-refractivity contribution is -0.138. The molecular weight excluding hydrogens is 374 g/mol. The zero-order valence-corrected chi connectivity index (χ0v) is 17.2. The third-order valence-corrected chi connectivity index (χ3v) is 5.55. The Morgan fingerprint density at radius 3 is 2.20 bits per heavy atom. The third-order valence-electron chi connectivity index (χ3n) is 5.55. The summed E-state index contributed by atoms with van der Waals surface area (Å²) >= 11 is 0. The van der Waals surface area contributed by atoms with Crippen LogP contribution in [0.15, 0.2) is 84.9 Å². The summed E-state index contributed by atoms with van der Waals surface area (Å²) in [7, 11) is 0. The molecule has 0 aromatic heterocycles. The van der Waals surface area contributed by atoms with Crippen LogP contribution in [-0.2, 0) is 22.7 Å². The first-order valence-electron chi connectivity index (χ1n) is 10.4. The number of morpholine rings is 1. The van der Waals surface area contributed by atoms with Crippen molar-refractivity contribution in [2.24, 2.45) is 0 Å². The van der Waals surface area contributed by atoms with Crippen molar-refractivity contribution in [3.63, 3.8) is 0 Å². The molecule has 0 spiro atoms. The second-order valence-corrected chi connectivity index (χ2v) is 7.71. The quantitative estimate of drug-likeness (QED) is 0.534. The van der Waals surface area contributed by atoms with Crippen molar-refractivity contribution in [1.82, 2.24) is 4.90 Å². The molecule has 4 nitrogen and oxygen atoms in total. The van der Waals surface area contributed by atoms with E-state index in [1.54, 1.807) is 0 Å². The van der Waals surface area contributed by atoms with Gasteiger partial charge in [0.2, 0.25) is 0 Å². The van der Waals surface area contributed by atoms with Crippen molar-refractivity contribution in [2.45, 2.75) is 38.3 Å². The van der Waals surface area contributed by atoms with Crippen molar-refractivity contribution in [3.8, 4) is 5.75 Å². The second-order valence-electron chi connectivity index (χ2n) is 7.71. The molecule has 1 aliphatic heterocycles. The molecule has 1 fully saturated rings. The summed E-state index contributed by atoms with van der Waals surface area (Å²) in [6, 6.07) is 28.2. The van der Waals surface area contributed by atoms with Crippen molar-refractivity contribution in [3.05, 3.63) is 102 Å². The molecule has 1 saturated heterocycles. The highest BCUT2D eigenvalue weighted by Gasteiger charge is 2.34. The Morgan fingerprint density at radius 1 is 0.933 bits per heavy atom. The smallest absolute Gasteiger partial charge is 0.139 e. The van der Waals surface area contributed by atoms with Crippen LogP contribution in [-0.4, -0.2) is 29.9 Å². The van der Waals surface area contributed by atoms with E-state index in [9.17, 15) is 4.79 Å². The van der Waals surface area contributed by atoms with Crippen molar-refractivity contribution in [2.75, 3.05) is 6.54 Å². The molecule has 0 amide bonds. The minimum absolute atomic E-state index is 0.0805. The van der Waals surface area contributed by atoms with E-state index in [0.717, 1.165) is 29.7 Å². The van der Waals surface area contributed by atoms with E-state index in [1.807, 2.05) is 55.5 Å². The van der Waals surface area contributed by atoms with E-state index in [0.29, 0.717) is 13.2 Å². The monoisotopic (exact) mass is 401 g/mol. The Morgan fingerprint density at radius 2 is 1.57 bits per heavy atom. The summed E-state index contributed by atoms with van der Waals surface area (Å²) in [6.07, 6.45) is 0.756. The maximum absolute atomic E-state index is 11.7.